The average molecular weight is 269 g/mol. The van der Waals surface area contributed by atoms with Gasteiger partial charge < -0.3 is 15.8 Å². The molecule has 0 heterocycles. The summed E-state index contributed by atoms with van der Waals surface area (Å²) < 4.78 is 0. The normalized spacial score (nSPS) is 17.6. The minimum atomic E-state index is -0.470. The van der Waals surface area contributed by atoms with Crippen LogP contribution in [0.2, 0.25) is 0 Å². The number of hydrogen-bond acceptors (Lipinski definition) is 3. The summed E-state index contributed by atoms with van der Waals surface area (Å²) in [6.07, 6.45) is 4.64. The molecule has 0 aromatic rings. The van der Waals surface area contributed by atoms with Crippen LogP contribution in [0.1, 0.15) is 52.9 Å². The molecule has 5 heteroatoms. The molecule has 19 heavy (non-hydrogen) atoms. The van der Waals surface area contributed by atoms with Crippen molar-refractivity contribution in [2.45, 2.75) is 58.9 Å². The van der Waals surface area contributed by atoms with Gasteiger partial charge >= 0.3 is 0 Å². The Bertz CT molecular complexity index is 325. The Labute approximate surface area is 115 Å². The minimum absolute atomic E-state index is 0.0281. The molecule has 1 unspecified atom stereocenters. The average Bonchev–Trinajstić information content (AvgIpc) is 3.19. The van der Waals surface area contributed by atoms with Crippen LogP contribution in [0.4, 0.5) is 0 Å². The van der Waals surface area contributed by atoms with E-state index in [-0.39, 0.29) is 11.7 Å². The largest absolute Gasteiger partial charge is 0.409 e. The minimum Gasteiger partial charge on any atom is -0.409 e. The zero-order valence-corrected chi connectivity index (χ0v) is 12.3. The molecule has 0 aromatic carbocycles. The smallest absolute Gasteiger partial charge is 0.233 e. The van der Waals surface area contributed by atoms with Gasteiger partial charge in [-0.1, -0.05) is 32.3 Å². The third-order valence-corrected chi connectivity index (χ3v) is 3.57. The zero-order valence-electron chi connectivity index (χ0n) is 12.3. The predicted molar refractivity (Wildman–Crippen MR) is 76.0 cm³/mol. The van der Waals surface area contributed by atoms with Crippen molar-refractivity contribution < 1.29 is 10.0 Å². The number of hydrogen-bond donors (Lipinski definition) is 2. The van der Waals surface area contributed by atoms with Gasteiger partial charge in [0.05, 0.1) is 5.92 Å². The van der Waals surface area contributed by atoms with Crippen molar-refractivity contribution in [3.05, 3.63) is 0 Å². The zero-order chi connectivity index (χ0) is 14.4. The Kier molecular flexibility index (Phi) is 6.12. The van der Waals surface area contributed by atoms with Gasteiger partial charge in [-0.05, 0) is 31.6 Å². The van der Waals surface area contributed by atoms with Crippen LogP contribution in [-0.2, 0) is 4.79 Å². The lowest BCUT2D eigenvalue weighted by Crippen LogP contribution is -2.43. The molecule has 1 rings (SSSR count). The highest BCUT2D eigenvalue weighted by atomic mass is 16.4. The van der Waals surface area contributed by atoms with Crippen LogP contribution in [-0.4, -0.2) is 34.4 Å². The third kappa shape index (κ3) is 4.73. The number of amides is 1. The van der Waals surface area contributed by atoms with E-state index in [1.807, 2.05) is 11.8 Å². The molecule has 5 nitrogen and oxygen atoms in total. The van der Waals surface area contributed by atoms with Crippen molar-refractivity contribution in [1.29, 1.82) is 0 Å². The lowest BCUT2D eigenvalue weighted by molar-refractivity contribution is -0.134. The van der Waals surface area contributed by atoms with Crippen LogP contribution in [0.25, 0.3) is 0 Å². The first kappa shape index (κ1) is 15.8. The van der Waals surface area contributed by atoms with Crippen molar-refractivity contribution in [2.75, 3.05) is 6.54 Å². The molecule has 1 fully saturated rings. The van der Waals surface area contributed by atoms with Crippen molar-refractivity contribution in [2.24, 2.45) is 22.7 Å². The lowest BCUT2D eigenvalue weighted by atomic mass is 10.00. The van der Waals surface area contributed by atoms with Crippen molar-refractivity contribution >= 4 is 11.7 Å². The summed E-state index contributed by atoms with van der Waals surface area (Å²) >= 11 is 0. The molecule has 0 saturated heterocycles. The van der Waals surface area contributed by atoms with Gasteiger partial charge in [-0.3, -0.25) is 4.79 Å². The van der Waals surface area contributed by atoms with E-state index in [4.69, 9.17) is 10.9 Å². The fourth-order valence-electron chi connectivity index (χ4n) is 2.21. The highest BCUT2D eigenvalue weighted by Gasteiger charge is 2.36. The SMILES string of the molecule is CCCC(C(=O)N(CCC(C)C)C1CC1)C(N)=NO. The highest BCUT2D eigenvalue weighted by molar-refractivity contribution is 6.02. The van der Waals surface area contributed by atoms with Crippen LogP contribution in [0.5, 0.6) is 0 Å². The van der Waals surface area contributed by atoms with Gasteiger partial charge in [-0.15, -0.1) is 0 Å². The van der Waals surface area contributed by atoms with E-state index in [1.54, 1.807) is 0 Å². The van der Waals surface area contributed by atoms with E-state index >= 15 is 0 Å². The number of nitrogens with two attached hydrogens (primary N) is 1. The van der Waals surface area contributed by atoms with Crippen molar-refractivity contribution in [3.8, 4) is 0 Å². The number of amidine groups is 1. The monoisotopic (exact) mass is 269 g/mol. The van der Waals surface area contributed by atoms with Gasteiger partial charge in [0.15, 0.2) is 5.84 Å². The van der Waals surface area contributed by atoms with E-state index in [1.165, 1.54) is 0 Å². The van der Waals surface area contributed by atoms with Gasteiger partial charge in [0.2, 0.25) is 5.91 Å². The second-order valence-electron chi connectivity index (χ2n) is 5.81. The van der Waals surface area contributed by atoms with Gasteiger partial charge in [0.25, 0.3) is 0 Å². The summed E-state index contributed by atoms with van der Waals surface area (Å²) in [4.78, 5) is 14.5. The van der Waals surface area contributed by atoms with E-state index < -0.39 is 5.92 Å². The molecule has 110 valence electrons. The molecule has 1 aliphatic carbocycles. The predicted octanol–water partition coefficient (Wildman–Crippen LogP) is 2.19. The van der Waals surface area contributed by atoms with Crippen LogP contribution in [0.15, 0.2) is 5.16 Å². The first-order chi connectivity index (χ1) is 9.01. The molecule has 0 bridgehead atoms. The number of nitrogens with zero attached hydrogens (tertiary/aromatic N) is 2. The van der Waals surface area contributed by atoms with Gasteiger partial charge in [-0.2, -0.15) is 0 Å². The molecular weight excluding hydrogens is 242 g/mol. The highest BCUT2D eigenvalue weighted by Crippen LogP contribution is 2.29. The number of carbonyl (C=O) groups excluding carboxylic acids is 1. The van der Waals surface area contributed by atoms with E-state index in [0.717, 1.165) is 32.2 Å². The van der Waals surface area contributed by atoms with Crippen LogP contribution < -0.4 is 5.73 Å². The van der Waals surface area contributed by atoms with Gasteiger partial charge in [0, 0.05) is 12.6 Å². The number of rotatable bonds is 8. The standard InChI is InChI=1S/C14H27N3O2/c1-4-5-12(13(15)16-19)14(18)17(11-6-7-11)9-8-10(2)3/h10-12,19H,4-9H2,1-3H3,(H2,15,16). The third-order valence-electron chi connectivity index (χ3n) is 3.57. The van der Waals surface area contributed by atoms with Crippen molar-refractivity contribution in [3.63, 3.8) is 0 Å². The number of oxime groups is 1. The Morgan fingerprint density at radius 1 is 1.42 bits per heavy atom. The molecule has 0 aliphatic heterocycles. The fraction of sp³-hybridized carbons (Fsp3) is 0.857. The second kappa shape index (κ2) is 7.36. The lowest BCUT2D eigenvalue weighted by Gasteiger charge is -2.27. The first-order valence-electron chi connectivity index (χ1n) is 7.29. The Morgan fingerprint density at radius 2 is 2.05 bits per heavy atom. The quantitative estimate of drug-likeness (QED) is 0.307. The fourth-order valence-corrected chi connectivity index (χ4v) is 2.21. The maximum Gasteiger partial charge on any atom is 0.233 e. The molecule has 3 N–H and O–H groups in total. The van der Waals surface area contributed by atoms with E-state index in [0.29, 0.717) is 18.4 Å². The molecule has 0 radical (unpaired) electrons. The Morgan fingerprint density at radius 3 is 2.47 bits per heavy atom. The summed E-state index contributed by atoms with van der Waals surface area (Å²) in [6.45, 7) is 7.09. The van der Waals surface area contributed by atoms with Gasteiger partial charge in [-0.25, -0.2) is 0 Å². The summed E-state index contributed by atoms with van der Waals surface area (Å²) in [5, 5.41) is 11.9. The molecule has 0 aromatic heterocycles. The van der Waals surface area contributed by atoms with Crippen LogP contribution in [0.3, 0.4) is 0 Å². The molecular formula is C14H27N3O2. The maximum absolute atomic E-state index is 12.6. The van der Waals surface area contributed by atoms with Crippen LogP contribution in [0, 0.1) is 11.8 Å². The molecule has 1 atom stereocenters. The summed E-state index contributed by atoms with van der Waals surface area (Å²) in [7, 11) is 0. The summed E-state index contributed by atoms with van der Waals surface area (Å²) in [5.74, 6) is 0.174. The second-order valence-corrected chi connectivity index (χ2v) is 5.81. The van der Waals surface area contributed by atoms with Crippen molar-refractivity contribution in [1.82, 2.24) is 4.90 Å². The molecule has 1 saturated carbocycles. The maximum atomic E-state index is 12.6. The van der Waals surface area contributed by atoms with Gasteiger partial charge in [0.1, 0.15) is 0 Å². The topological polar surface area (TPSA) is 78.9 Å². The Balaban J connectivity index is 2.72. The first-order valence-corrected chi connectivity index (χ1v) is 7.29. The molecule has 1 amide bonds. The molecule has 0 spiro atoms. The summed E-state index contributed by atoms with van der Waals surface area (Å²) in [6, 6.07) is 0.372. The van der Waals surface area contributed by atoms with E-state index in [9.17, 15) is 4.79 Å². The Hall–Kier alpha value is -1.26. The molecule has 1 aliphatic rings. The summed E-state index contributed by atoms with van der Waals surface area (Å²) in [5.41, 5.74) is 5.67. The number of carbonyl (C=O) groups is 1. The van der Waals surface area contributed by atoms with E-state index in [2.05, 4.69) is 19.0 Å². The van der Waals surface area contributed by atoms with Crippen LogP contribution >= 0.6 is 0 Å².